The van der Waals surface area contributed by atoms with E-state index < -0.39 is 0 Å². The third-order valence-electron chi connectivity index (χ3n) is 6.09. The highest BCUT2D eigenvalue weighted by Crippen LogP contribution is 2.43. The number of benzene rings is 1. The van der Waals surface area contributed by atoms with Crippen LogP contribution in [0.3, 0.4) is 0 Å². The largest absolute Gasteiger partial charge is 0.385 e. The standard InChI is InChI=1S/C22H31N3O2/c1-14(2)24-20-8-7-17(25-15(3)5-6-16(25)4)13-18(20)21(22(24)26)19-9-11-27-12-10-23-19/h7-8,13-16,23H,5-6,9-12H2,1-4H3/b21-19-. The molecule has 3 aliphatic rings. The number of nitrogens with zero attached hydrogens (tertiary/aromatic N) is 2. The molecule has 0 saturated carbocycles. The summed E-state index contributed by atoms with van der Waals surface area (Å²) in [5.74, 6) is 0.115. The van der Waals surface area contributed by atoms with Crippen molar-refractivity contribution in [1.29, 1.82) is 0 Å². The van der Waals surface area contributed by atoms with E-state index in [0.717, 1.165) is 35.5 Å². The van der Waals surface area contributed by atoms with E-state index in [4.69, 9.17) is 4.74 Å². The average Bonchev–Trinajstić information content (AvgIpc) is 2.97. The number of fused-ring (bicyclic) bond motifs is 1. The Morgan fingerprint density at radius 3 is 2.59 bits per heavy atom. The van der Waals surface area contributed by atoms with E-state index in [1.54, 1.807) is 0 Å². The van der Waals surface area contributed by atoms with Crippen LogP contribution in [0, 0.1) is 0 Å². The summed E-state index contributed by atoms with van der Waals surface area (Å²) in [6.07, 6.45) is 3.21. The minimum atomic E-state index is 0.115. The molecule has 1 aromatic carbocycles. The zero-order valence-electron chi connectivity index (χ0n) is 16.9. The van der Waals surface area contributed by atoms with Crippen LogP contribution in [0.5, 0.6) is 0 Å². The van der Waals surface area contributed by atoms with E-state index in [2.05, 4.69) is 56.1 Å². The van der Waals surface area contributed by atoms with Gasteiger partial charge in [0.25, 0.3) is 5.91 Å². The molecule has 27 heavy (non-hydrogen) atoms. The second kappa shape index (κ2) is 7.19. The van der Waals surface area contributed by atoms with Gasteiger partial charge in [-0.15, -0.1) is 0 Å². The van der Waals surface area contributed by atoms with Gasteiger partial charge in [-0.3, -0.25) is 4.79 Å². The molecule has 2 atom stereocenters. The summed E-state index contributed by atoms with van der Waals surface area (Å²) in [5.41, 5.74) is 5.20. The second-order valence-corrected chi connectivity index (χ2v) is 8.30. The van der Waals surface area contributed by atoms with Gasteiger partial charge in [-0.2, -0.15) is 0 Å². The normalized spacial score (nSPS) is 28.6. The number of nitrogens with one attached hydrogen (secondary N) is 1. The maximum Gasteiger partial charge on any atom is 0.260 e. The summed E-state index contributed by atoms with van der Waals surface area (Å²) in [5, 5.41) is 3.45. The lowest BCUT2D eigenvalue weighted by Gasteiger charge is -2.29. The zero-order valence-corrected chi connectivity index (χ0v) is 16.9. The lowest BCUT2D eigenvalue weighted by molar-refractivity contribution is -0.113. The van der Waals surface area contributed by atoms with Crippen molar-refractivity contribution in [3.8, 4) is 0 Å². The minimum absolute atomic E-state index is 0.115. The number of anilines is 2. The molecule has 2 saturated heterocycles. The molecule has 2 fully saturated rings. The molecule has 0 aromatic heterocycles. The van der Waals surface area contributed by atoms with Crippen LogP contribution in [0.2, 0.25) is 0 Å². The second-order valence-electron chi connectivity index (χ2n) is 8.30. The van der Waals surface area contributed by atoms with E-state index in [9.17, 15) is 4.79 Å². The van der Waals surface area contributed by atoms with Crippen molar-refractivity contribution >= 4 is 22.9 Å². The topological polar surface area (TPSA) is 44.8 Å². The van der Waals surface area contributed by atoms with Crippen LogP contribution >= 0.6 is 0 Å². The predicted octanol–water partition coefficient (Wildman–Crippen LogP) is 3.54. The van der Waals surface area contributed by atoms with Crippen molar-refractivity contribution in [1.82, 2.24) is 5.32 Å². The molecule has 2 unspecified atom stereocenters. The first-order valence-electron chi connectivity index (χ1n) is 10.3. The number of carbonyl (C=O) groups is 1. The molecular formula is C22H31N3O2. The maximum absolute atomic E-state index is 13.4. The van der Waals surface area contributed by atoms with E-state index in [0.29, 0.717) is 25.3 Å². The molecule has 1 N–H and O–H groups in total. The van der Waals surface area contributed by atoms with Crippen LogP contribution in [0.25, 0.3) is 5.57 Å². The monoisotopic (exact) mass is 369 g/mol. The molecule has 146 valence electrons. The zero-order chi connectivity index (χ0) is 19.1. The fraction of sp³-hybridized carbons (Fsp3) is 0.591. The van der Waals surface area contributed by atoms with Gasteiger partial charge < -0.3 is 19.9 Å². The first-order chi connectivity index (χ1) is 13.0. The van der Waals surface area contributed by atoms with Gasteiger partial charge in [0, 0.05) is 48.0 Å². The van der Waals surface area contributed by atoms with Gasteiger partial charge in [-0.1, -0.05) is 0 Å². The Labute approximate surface area is 162 Å². The third-order valence-corrected chi connectivity index (χ3v) is 6.09. The molecule has 5 heteroatoms. The van der Waals surface area contributed by atoms with Crippen molar-refractivity contribution in [2.45, 2.75) is 65.1 Å². The number of hydrogen-bond acceptors (Lipinski definition) is 4. The van der Waals surface area contributed by atoms with Crippen LogP contribution in [-0.4, -0.2) is 43.8 Å². The first-order valence-corrected chi connectivity index (χ1v) is 10.3. The van der Waals surface area contributed by atoms with Gasteiger partial charge in [-0.05, 0) is 58.7 Å². The Balaban J connectivity index is 1.83. The molecule has 5 nitrogen and oxygen atoms in total. The Hall–Kier alpha value is -2.01. The van der Waals surface area contributed by atoms with Gasteiger partial charge in [0.2, 0.25) is 0 Å². The summed E-state index contributed by atoms with van der Waals surface area (Å²) in [6, 6.07) is 7.78. The van der Waals surface area contributed by atoms with Crippen LogP contribution < -0.4 is 15.1 Å². The van der Waals surface area contributed by atoms with Crippen LogP contribution in [-0.2, 0) is 9.53 Å². The summed E-state index contributed by atoms with van der Waals surface area (Å²) >= 11 is 0. The summed E-state index contributed by atoms with van der Waals surface area (Å²) < 4.78 is 5.59. The number of amides is 1. The minimum Gasteiger partial charge on any atom is -0.385 e. The first kappa shape index (κ1) is 18.4. The number of ether oxygens (including phenoxy) is 1. The smallest absolute Gasteiger partial charge is 0.260 e. The molecule has 0 radical (unpaired) electrons. The molecule has 1 amide bonds. The molecule has 3 aliphatic heterocycles. The fourth-order valence-electron chi connectivity index (χ4n) is 4.80. The van der Waals surface area contributed by atoms with Crippen molar-refractivity contribution in [3.63, 3.8) is 0 Å². The maximum atomic E-state index is 13.4. The quantitative estimate of drug-likeness (QED) is 0.810. The Morgan fingerprint density at radius 1 is 1.15 bits per heavy atom. The molecule has 4 rings (SSSR count). The Morgan fingerprint density at radius 2 is 1.89 bits per heavy atom. The van der Waals surface area contributed by atoms with Crippen molar-refractivity contribution in [2.75, 3.05) is 29.6 Å². The van der Waals surface area contributed by atoms with Gasteiger partial charge in [0.1, 0.15) is 0 Å². The Bertz CT molecular complexity index is 751. The van der Waals surface area contributed by atoms with Crippen LogP contribution in [0.15, 0.2) is 23.9 Å². The highest BCUT2D eigenvalue weighted by atomic mass is 16.5. The molecule has 0 aliphatic carbocycles. The predicted molar refractivity (Wildman–Crippen MR) is 110 cm³/mol. The lowest BCUT2D eigenvalue weighted by atomic mass is 10.0. The van der Waals surface area contributed by atoms with Crippen LogP contribution in [0.4, 0.5) is 11.4 Å². The average molecular weight is 370 g/mol. The van der Waals surface area contributed by atoms with E-state index in [-0.39, 0.29) is 11.9 Å². The van der Waals surface area contributed by atoms with Gasteiger partial charge in [0.05, 0.1) is 24.5 Å². The molecule has 3 heterocycles. The molecule has 1 aromatic rings. The number of hydrogen-bond donors (Lipinski definition) is 1. The SMILES string of the molecule is CC(C)N1C(=O)/C(=C2/CCOCCN2)c2cc(N3C(C)CCC3C)ccc21. The molecule has 0 bridgehead atoms. The van der Waals surface area contributed by atoms with Crippen molar-refractivity contribution in [2.24, 2.45) is 0 Å². The summed E-state index contributed by atoms with van der Waals surface area (Å²) in [7, 11) is 0. The number of carbonyl (C=O) groups excluding carboxylic acids is 1. The highest BCUT2D eigenvalue weighted by molar-refractivity contribution is 6.33. The summed E-state index contributed by atoms with van der Waals surface area (Å²) in [6.45, 7) is 10.9. The number of rotatable bonds is 2. The van der Waals surface area contributed by atoms with Crippen molar-refractivity contribution in [3.05, 3.63) is 29.5 Å². The van der Waals surface area contributed by atoms with Gasteiger partial charge in [-0.25, -0.2) is 0 Å². The van der Waals surface area contributed by atoms with Gasteiger partial charge in [0.15, 0.2) is 0 Å². The van der Waals surface area contributed by atoms with Crippen molar-refractivity contribution < 1.29 is 9.53 Å². The molecular weight excluding hydrogens is 338 g/mol. The third kappa shape index (κ3) is 3.12. The van der Waals surface area contributed by atoms with E-state index >= 15 is 0 Å². The fourth-order valence-corrected chi connectivity index (χ4v) is 4.80. The summed E-state index contributed by atoms with van der Waals surface area (Å²) in [4.78, 5) is 17.8. The highest BCUT2D eigenvalue weighted by Gasteiger charge is 2.37. The lowest BCUT2D eigenvalue weighted by Crippen LogP contribution is -2.34. The van der Waals surface area contributed by atoms with E-state index in [1.165, 1.54) is 18.5 Å². The Kier molecular flexibility index (Phi) is 4.89. The van der Waals surface area contributed by atoms with Gasteiger partial charge >= 0.3 is 0 Å². The molecule has 0 spiro atoms. The van der Waals surface area contributed by atoms with E-state index in [1.807, 2.05) is 4.90 Å². The van der Waals surface area contributed by atoms with Crippen LogP contribution in [0.1, 0.15) is 52.5 Å².